The Bertz CT molecular complexity index is 687. The van der Waals surface area contributed by atoms with Gasteiger partial charge in [0.2, 0.25) is 0 Å². The van der Waals surface area contributed by atoms with Gasteiger partial charge in [-0.15, -0.1) is 0 Å². The predicted molar refractivity (Wildman–Crippen MR) is 92.2 cm³/mol. The summed E-state index contributed by atoms with van der Waals surface area (Å²) in [4.78, 5) is 11.6. The molecule has 122 valence electrons. The molecular weight excluding hydrogens is 288 g/mol. The lowest BCUT2D eigenvalue weighted by Gasteiger charge is -2.18. The molecule has 0 spiro atoms. The number of carbonyl (C=O) groups is 1. The van der Waals surface area contributed by atoms with Crippen LogP contribution in [0.15, 0.2) is 36.4 Å². The van der Waals surface area contributed by atoms with E-state index >= 15 is 0 Å². The highest BCUT2D eigenvalue weighted by atomic mass is 16.5. The lowest BCUT2D eigenvalue weighted by atomic mass is 10.0. The maximum atomic E-state index is 11.6. The molecule has 0 aliphatic heterocycles. The summed E-state index contributed by atoms with van der Waals surface area (Å²) >= 11 is 0. The number of rotatable bonds is 6. The van der Waals surface area contributed by atoms with Crippen molar-refractivity contribution in [2.24, 2.45) is 0 Å². The van der Waals surface area contributed by atoms with E-state index in [1.807, 2.05) is 51.1 Å². The average Bonchev–Trinajstić information content (AvgIpc) is 2.52. The van der Waals surface area contributed by atoms with Crippen molar-refractivity contribution < 1.29 is 14.6 Å². The van der Waals surface area contributed by atoms with Crippen LogP contribution in [0.3, 0.4) is 0 Å². The van der Waals surface area contributed by atoms with Gasteiger partial charge in [-0.25, -0.2) is 4.79 Å². The molecule has 0 radical (unpaired) electrons. The maximum Gasteiger partial charge on any atom is 0.345 e. The SMILES string of the molecule is CCc1ccc(C[C@H](Oc2cc(C)cc(C)c2C)C(=O)O)cc1. The number of carboxylic acid groups (broad SMARTS) is 1. The number of ether oxygens (including phenoxy) is 1. The molecule has 0 aromatic heterocycles. The summed E-state index contributed by atoms with van der Waals surface area (Å²) in [5.74, 6) is -0.289. The van der Waals surface area contributed by atoms with Crippen LogP contribution in [-0.4, -0.2) is 17.2 Å². The van der Waals surface area contributed by atoms with Crippen molar-refractivity contribution in [1.29, 1.82) is 0 Å². The molecule has 23 heavy (non-hydrogen) atoms. The Morgan fingerprint density at radius 1 is 1.09 bits per heavy atom. The molecule has 0 fully saturated rings. The van der Waals surface area contributed by atoms with Gasteiger partial charge in [0.15, 0.2) is 6.10 Å². The van der Waals surface area contributed by atoms with Gasteiger partial charge in [0.05, 0.1) is 0 Å². The third kappa shape index (κ3) is 4.35. The topological polar surface area (TPSA) is 46.5 Å². The Labute approximate surface area is 137 Å². The van der Waals surface area contributed by atoms with Crippen LogP contribution in [0.5, 0.6) is 5.75 Å². The standard InChI is InChI=1S/C20H24O3/c1-5-16-6-8-17(9-7-16)12-19(20(21)22)23-18-11-13(2)10-14(3)15(18)4/h6-11,19H,5,12H2,1-4H3,(H,21,22)/t19-/m0/s1. The third-order valence-electron chi connectivity index (χ3n) is 4.16. The van der Waals surface area contributed by atoms with Crippen LogP contribution in [0, 0.1) is 20.8 Å². The zero-order valence-corrected chi connectivity index (χ0v) is 14.2. The second-order valence-corrected chi connectivity index (χ2v) is 6.02. The third-order valence-corrected chi connectivity index (χ3v) is 4.16. The molecule has 2 rings (SSSR count). The number of hydrogen-bond acceptors (Lipinski definition) is 2. The minimum Gasteiger partial charge on any atom is -0.478 e. The van der Waals surface area contributed by atoms with Gasteiger partial charge in [-0.3, -0.25) is 0 Å². The average molecular weight is 312 g/mol. The van der Waals surface area contributed by atoms with Crippen LogP contribution in [0.25, 0.3) is 0 Å². The first-order chi connectivity index (χ1) is 10.9. The molecule has 0 amide bonds. The minimum atomic E-state index is -0.942. The summed E-state index contributed by atoms with van der Waals surface area (Å²) in [6.07, 6.45) is 0.439. The second kappa shape index (κ2) is 7.32. The van der Waals surface area contributed by atoms with Crippen molar-refractivity contribution in [2.45, 2.75) is 46.6 Å². The van der Waals surface area contributed by atoms with E-state index in [0.717, 1.165) is 28.7 Å². The summed E-state index contributed by atoms with van der Waals surface area (Å²) in [6, 6.07) is 12.0. The molecule has 2 aromatic carbocycles. The molecule has 1 atom stereocenters. The summed E-state index contributed by atoms with van der Waals surface area (Å²) < 4.78 is 5.83. The highest BCUT2D eigenvalue weighted by molar-refractivity contribution is 5.73. The summed E-state index contributed by atoms with van der Waals surface area (Å²) in [6.45, 7) is 8.05. The van der Waals surface area contributed by atoms with Gasteiger partial charge in [0, 0.05) is 6.42 Å². The molecule has 2 aromatic rings. The van der Waals surface area contributed by atoms with Crippen LogP contribution in [0.4, 0.5) is 0 Å². The summed E-state index contributed by atoms with van der Waals surface area (Å²) in [5, 5.41) is 9.50. The van der Waals surface area contributed by atoms with Gasteiger partial charge >= 0.3 is 5.97 Å². The van der Waals surface area contributed by atoms with Crippen molar-refractivity contribution >= 4 is 5.97 Å². The largest absolute Gasteiger partial charge is 0.478 e. The van der Waals surface area contributed by atoms with E-state index in [2.05, 4.69) is 13.0 Å². The van der Waals surface area contributed by atoms with E-state index < -0.39 is 12.1 Å². The second-order valence-electron chi connectivity index (χ2n) is 6.02. The first-order valence-electron chi connectivity index (χ1n) is 7.95. The minimum absolute atomic E-state index is 0.353. The van der Waals surface area contributed by atoms with Gasteiger partial charge in [0.25, 0.3) is 0 Å². The highest BCUT2D eigenvalue weighted by Gasteiger charge is 2.21. The van der Waals surface area contributed by atoms with Crippen LogP contribution < -0.4 is 4.74 Å². The molecular formula is C20H24O3. The van der Waals surface area contributed by atoms with Gasteiger partial charge in [-0.2, -0.15) is 0 Å². The maximum absolute atomic E-state index is 11.6. The predicted octanol–water partition coefficient (Wildman–Crippen LogP) is 4.25. The van der Waals surface area contributed by atoms with Crippen molar-refractivity contribution in [3.8, 4) is 5.75 Å². The van der Waals surface area contributed by atoms with Gasteiger partial charge in [-0.05, 0) is 61.1 Å². The molecule has 0 heterocycles. The van der Waals surface area contributed by atoms with E-state index in [1.54, 1.807) is 0 Å². The van der Waals surface area contributed by atoms with Gasteiger partial charge in [0.1, 0.15) is 5.75 Å². The first kappa shape index (κ1) is 17.1. The molecule has 0 saturated carbocycles. The van der Waals surface area contributed by atoms with Crippen LogP contribution in [0.2, 0.25) is 0 Å². The number of aliphatic carboxylic acids is 1. The Kier molecular flexibility index (Phi) is 5.43. The molecule has 0 saturated heterocycles. The number of carboxylic acids is 1. The lowest BCUT2D eigenvalue weighted by Crippen LogP contribution is -2.29. The van der Waals surface area contributed by atoms with E-state index in [1.165, 1.54) is 5.56 Å². The lowest BCUT2D eigenvalue weighted by molar-refractivity contribution is -0.145. The number of hydrogen-bond donors (Lipinski definition) is 1. The molecule has 3 heteroatoms. The number of aryl methyl sites for hydroxylation is 3. The van der Waals surface area contributed by atoms with E-state index in [0.29, 0.717) is 12.2 Å². The Hall–Kier alpha value is -2.29. The fourth-order valence-electron chi connectivity index (χ4n) is 2.58. The summed E-state index contributed by atoms with van der Waals surface area (Å²) in [5.41, 5.74) is 5.38. The molecule has 1 N–H and O–H groups in total. The molecule has 0 unspecified atom stereocenters. The Balaban J connectivity index is 2.20. The molecule has 3 nitrogen and oxygen atoms in total. The van der Waals surface area contributed by atoms with Crippen molar-refractivity contribution in [3.63, 3.8) is 0 Å². The normalized spacial score (nSPS) is 12.0. The van der Waals surface area contributed by atoms with E-state index in [-0.39, 0.29) is 0 Å². The fourth-order valence-corrected chi connectivity index (χ4v) is 2.58. The zero-order valence-electron chi connectivity index (χ0n) is 14.2. The van der Waals surface area contributed by atoms with Crippen molar-refractivity contribution in [3.05, 3.63) is 64.2 Å². The molecule has 0 aliphatic carbocycles. The van der Waals surface area contributed by atoms with Crippen molar-refractivity contribution in [1.82, 2.24) is 0 Å². The fraction of sp³-hybridized carbons (Fsp3) is 0.350. The molecule has 0 aliphatic rings. The Morgan fingerprint density at radius 3 is 2.26 bits per heavy atom. The monoisotopic (exact) mass is 312 g/mol. The van der Waals surface area contributed by atoms with Crippen LogP contribution in [-0.2, 0) is 17.6 Å². The summed E-state index contributed by atoms with van der Waals surface area (Å²) in [7, 11) is 0. The van der Waals surface area contributed by atoms with E-state index in [9.17, 15) is 9.90 Å². The van der Waals surface area contributed by atoms with Gasteiger partial charge < -0.3 is 9.84 Å². The van der Waals surface area contributed by atoms with Gasteiger partial charge in [-0.1, -0.05) is 37.3 Å². The highest BCUT2D eigenvalue weighted by Crippen LogP contribution is 2.25. The van der Waals surface area contributed by atoms with Crippen LogP contribution in [0.1, 0.15) is 34.7 Å². The smallest absolute Gasteiger partial charge is 0.345 e. The van der Waals surface area contributed by atoms with Crippen molar-refractivity contribution in [2.75, 3.05) is 0 Å². The zero-order chi connectivity index (χ0) is 17.0. The van der Waals surface area contributed by atoms with E-state index in [4.69, 9.17) is 4.74 Å². The van der Waals surface area contributed by atoms with Crippen LogP contribution >= 0.6 is 0 Å². The first-order valence-corrected chi connectivity index (χ1v) is 7.95. The molecule has 0 bridgehead atoms. The number of benzene rings is 2. The quantitative estimate of drug-likeness (QED) is 0.867. The Morgan fingerprint density at radius 2 is 1.70 bits per heavy atom.